The minimum absolute atomic E-state index is 0. The molecular formula is C16H26Cl2N2O2S. The van der Waals surface area contributed by atoms with Gasteiger partial charge in [-0.1, -0.05) is 31.5 Å². The Morgan fingerprint density at radius 2 is 1.78 bits per heavy atom. The Morgan fingerprint density at radius 3 is 2.26 bits per heavy atom. The van der Waals surface area contributed by atoms with Gasteiger partial charge in [-0.15, -0.1) is 12.4 Å². The summed E-state index contributed by atoms with van der Waals surface area (Å²) in [4.78, 5) is 0.222. The van der Waals surface area contributed by atoms with Gasteiger partial charge in [0, 0.05) is 19.1 Å². The molecule has 2 rings (SSSR count). The lowest BCUT2D eigenvalue weighted by molar-refractivity contribution is 0.250. The molecule has 1 fully saturated rings. The molecule has 0 radical (unpaired) electrons. The molecule has 4 nitrogen and oxygen atoms in total. The Labute approximate surface area is 150 Å². The van der Waals surface area contributed by atoms with Gasteiger partial charge in [0.05, 0.1) is 5.02 Å². The average molecular weight is 381 g/mol. The summed E-state index contributed by atoms with van der Waals surface area (Å²) in [5.74, 6) is 0.652. The van der Waals surface area contributed by atoms with Crippen LogP contribution in [-0.4, -0.2) is 31.9 Å². The number of hydrogen-bond acceptors (Lipinski definition) is 3. The summed E-state index contributed by atoms with van der Waals surface area (Å²) >= 11 is 6.16. The summed E-state index contributed by atoms with van der Waals surface area (Å²) in [6.07, 6.45) is 1.61. The highest BCUT2D eigenvalue weighted by Crippen LogP contribution is 2.31. The first-order chi connectivity index (χ1) is 10.2. The largest absolute Gasteiger partial charge is 0.328 e. The first-order valence-corrected chi connectivity index (χ1v) is 9.60. The van der Waals surface area contributed by atoms with Gasteiger partial charge in [0.2, 0.25) is 10.0 Å². The van der Waals surface area contributed by atoms with Gasteiger partial charge in [0.15, 0.2) is 0 Å². The molecule has 1 aromatic carbocycles. The van der Waals surface area contributed by atoms with Crippen molar-refractivity contribution in [1.82, 2.24) is 4.31 Å². The van der Waals surface area contributed by atoms with E-state index >= 15 is 0 Å². The van der Waals surface area contributed by atoms with Gasteiger partial charge >= 0.3 is 0 Å². The molecule has 1 aliphatic rings. The molecule has 1 unspecified atom stereocenters. The zero-order valence-electron chi connectivity index (χ0n) is 13.8. The van der Waals surface area contributed by atoms with E-state index in [4.69, 9.17) is 17.3 Å². The molecule has 1 heterocycles. The van der Waals surface area contributed by atoms with E-state index in [0.29, 0.717) is 24.0 Å². The predicted octanol–water partition coefficient (Wildman–Crippen LogP) is 3.63. The summed E-state index contributed by atoms with van der Waals surface area (Å²) in [5.41, 5.74) is 6.90. The predicted molar refractivity (Wildman–Crippen MR) is 97.9 cm³/mol. The first kappa shape index (κ1) is 20.7. The minimum Gasteiger partial charge on any atom is -0.328 e. The lowest BCUT2D eigenvalue weighted by atomic mass is 9.92. The normalized spacial score (nSPS) is 18.7. The highest BCUT2D eigenvalue weighted by atomic mass is 35.5. The molecule has 2 N–H and O–H groups in total. The van der Waals surface area contributed by atoms with Crippen LogP contribution in [0.4, 0.5) is 0 Å². The first-order valence-electron chi connectivity index (χ1n) is 7.78. The molecule has 1 aliphatic heterocycles. The van der Waals surface area contributed by atoms with Gasteiger partial charge in [0.25, 0.3) is 0 Å². The molecule has 0 saturated carbocycles. The molecule has 7 heteroatoms. The van der Waals surface area contributed by atoms with E-state index in [0.717, 1.165) is 18.4 Å². The van der Waals surface area contributed by atoms with Crippen LogP contribution in [0.25, 0.3) is 0 Å². The number of rotatable bonds is 4. The number of sulfonamides is 1. The third kappa shape index (κ3) is 4.60. The number of hydrogen-bond donors (Lipinski definition) is 1. The molecule has 0 aliphatic carbocycles. The maximum atomic E-state index is 12.9. The van der Waals surface area contributed by atoms with Gasteiger partial charge < -0.3 is 5.73 Å². The number of piperidine rings is 1. The molecule has 1 saturated heterocycles. The molecule has 1 atom stereocenters. The Hall–Kier alpha value is -0.330. The highest BCUT2D eigenvalue weighted by molar-refractivity contribution is 7.89. The molecule has 0 bridgehead atoms. The van der Waals surface area contributed by atoms with Crippen molar-refractivity contribution >= 4 is 34.0 Å². The maximum absolute atomic E-state index is 12.9. The van der Waals surface area contributed by atoms with E-state index in [-0.39, 0.29) is 29.3 Å². The van der Waals surface area contributed by atoms with Crippen molar-refractivity contribution in [1.29, 1.82) is 0 Å². The second kappa shape index (κ2) is 8.17. The van der Waals surface area contributed by atoms with Crippen molar-refractivity contribution in [2.24, 2.45) is 11.7 Å². The van der Waals surface area contributed by atoms with Crippen molar-refractivity contribution in [3.8, 4) is 0 Å². The van der Waals surface area contributed by atoms with Crippen molar-refractivity contribution in [3.63, 3.8) is 0 Å². The van der Waals surface area contributed by atoms with Crippen LogP contribution < -0.4 is 5.73 Å². The fourth-order valence-corrected chi connectivity index (χ4v) is 4.84. The number of benzene rings is 1. The van der Waals surface area contributed by atoms with E-state index in [1.807, 2.05) is 26.8 Å². The molecule has 0 amide bonds. The fourth-order valence-electron chi connectivity index (χ4n) is 2.86. The van der Waals surface area contributed by atoms with Crippen LogP contribution in [0, 0.1) is 5.92 Å². The fraction of sp³-hybridized carbons (Fsp3) is 0.625. The number of halogens is 2. The topological polar surface area (TPSA) is 63.4 Å². The van der Waals surface area contributed by atoms with Gasteiger partial charge in [-0.3, -0.25) is 0 Å². The van der Waals surface area contributed by atoms with Crippen LogP contribution in [0.3, 0.4) is 0 Å². The van der Waals surface area contributed by atoms with Crippen LogP contribution in [-0.2, 0) is 10.0 Å². The van der Waals surface area contributed by atoms with Gasteiger partial charge in [-0.2, -0.15) is 4.31 Å². The Morgan fingerprint density at radius 1 is 1.22 bits per heavy atom. The average Bonchev–Trinajstić information content (AvgIpc) is 2.47. The summed E-state index contributed by atoms with van der Waals surface area (Å²) in [6, 6.07) is 5.38. The van der Waals surface area contributed by atoms with Crippen molar-refractivity contribution in [2.45, 2.75) is 50.5 Å². The quantitative estimate of drug-likeness (QED) is 0.866. The van der Waals surface area contributed by atoms with E-state index in [2.05, 4.69) is 0 Å². The van der Waals surface area contributed by atoms with Crippen LogP contribution in [0.5, 0.6) is 0 Å². The Kier molecular flexibility index (Phi) is 7.36. The number of nitrogens with two attached hydrogens (primary N) is 1. The zero-order valence-corrected chi connectivity index (χ0v) is 16.2. The van der Waals surface area contributed by atoms with Crippen LogP contribution in [0.15, 0.2) is 23.1 Å². The van der Waals surface area contributed by atoms with E-state index in [1.54, 1.807) is 12.1 Å². The molecular weight excluding hydrogens is 355 g/mol. The Balaban J connectivity index is 0.00000264. The molecule has 0 aromatic heterocycles. The van der Waals surface area contributed by atoms with Crippen molar-refractivity contribution in [2.75, 3.05) is 13.1 Å². The van der Waals surface area contributed by atoms with Gasteiger partial charge in [0.1, 0.15) is 4.90 Å². The van der Waals surface area contributed by atoms with Crippen LogP contribution >= 0.6 is 24.0 Å². The standard InChI is InChI=1S/C16H25ClN2O2S.ClH/c1-11(2)14-4-5-15(17)16(10-14)22(20,21)19-8-6-13(7-9-19)12(3)18;/h4-5,10-13H,6-9,18H2,1-3H3;1H. The van der Waals surface area contributed by atoms with E-state index < -0.39 is 10.0 Å². The van der Waals surface area contributed by atoms with Crippen molar-refractivity contribution in [3.05, 3.63) is 28.8 Å². The highest BCUT2D eigenvalue weighted by Gasteiger charge is 2.32. The van der Waals surface area contributed by atoms with Crippen LogP contribution in [0.1, 0.15) is 45.1 Å². The summed E-state index contributed by atoms with van der Waals surface area (Å²) in [5, 5.41) is 0.290. The van der Waals surface area contributed by atoms with Gasteiger partial charge in [-0.05, 0) is 49.3 Å². The van der Waals surface area contributed by atoms with Gasteiger partial charge in [-0.25, -0.2) is 8.42 Å². The molecule has 132 valence electrons. The lowest BCUT2D eigenvalue weighted by Crippen LogP contribution is -2.42. The monoisotopic (exact) mass is 380 g/mol. The van der Waals surface area contributed by atoms with E-state index in [1.165, 1.54) is 4.31 Å². The summed E-state index contributed by atoms with van der Waals surface area (Å²) < 4.78 is 27.3. The SMILES string of the molecule is CC(C)c1ccc(Cl)c(S(=O)(=O)N2CCC(C(C)N)CC2)c1.Cl. The summed E-state index contributed by atoms with van der Waals surface area (Å²) in [7, 11) is -3.54. The Bertz CT molecular complexity index is 625. The smallest absolute Gasteiger partial charge is 0.244 e. The third-order valence-corrected chi connectivity index (χ3v) is 6.86. The lowest BCUT2D eigenvalue weighted by Gasteiger charge is -2.33. The van der Waals surface area contributed by atoms with Crippen molar-refractivity contribution < 1.29 is 8.42 Å². The second-order valence-electron chi connectivity index (χ2n) is 6.45. The summed E-state index contributed by atoms with van der Waals surface area (Å²) in [6.45, 7) is 7.08. The number of nitrogens with zero attached hydrogens (tertiary/aromatic N) is 1. The molecule has 0 spiro atoms. The van der Waals surface area contributed by atoms with E-state index in [9.17, 15) is 8.42 Å². The minimum atomic E-state index is -3.54. The second-order valence-corrected chi connectivity index (χ2v) is 8.76. The zero-order chi connectivity index (χ0) is 16.5. The molecule has 1 aromatic rings. The third-order valence-electron chi connectivity index (χ3n) is 4.48. The molecule has 23 heavy (non-hydrogen) atoms. The maximum Gasteiger partial charge on any atom is 0.244 e. The van der Waals surface area contributed by atoms with Crippen LogP contribution in [0.2, 0.25) is 5.02 Å².